The Morgan fingerprint density at radius 1 is 1.00 bits per heavy atom. The predicted molar refractivity (Wildman–Crippen MR) is 133 cm³/mol. The third-order valence-corrected chi connectivity index (χ3v) is 7.06. The molecule has 5 rings (SSSR count). The Morgan fingerprint density at radius 2 is 1.74 bits per heavy atom. The molecule has 0 aromatic heterocycles. The molecule has 34 heavy (non-hydrogen) atoms. The van der Waals surface area contributed by atoms with Crippen LogP contribution in [-0.4, -0.2) is 46.5 Å². The number of thioether (sulfide) groups is 1. The Bertz CT molecular complexity index is 1330. The van der Waals surface area contributed by atoms with E-state index in [1.165, 1.54) is 5.56 Å². The number of rotatable bonds is 5. The van der Waals surface area contributed by atoms with Crippen molar-refractivity contribution in [2.75, 3.05) is 19.7 Å². The first kappa shape index (κ1) is 22.2. The summed E-state index contributed by atoms with van der Waals surface area (Å²) in [7, 11) is 0. The Hall–Kier alpha value is -3.58. The molecular formula is C27H24N2O4S. The lowest BCUT2D eigenvalue weighted by Gasteiger charge is -2.29. The quantitative estimate of drug-likeness (QED) is 0.496. The van der Waals surface area contributed by atoms with Crippen molar-refractivity contribution < 1.29 is 19.1 Å². The van der Waals surface area contributed by atoms with Crippen LogP contribution in [0.1, 0.15) is 23.6 Å². The number of fused-ring (bicyclic) bond motifs is 2. The van der Waals surface area contributed by atoms with Gasteiger partial charge in [0.15, 0.2) is 0 Å². The number of hydrogen-bond donors (Lipinski definition) is 0. The first-order valence-electron chi connectivity index (χ1n) is 11.3. The molecule has 2 aliphatic heterocycles. The normalized spacial score (nSPS) is 16.9. The van der Waals surface area contributed by atoms with Crippen molar-refractivity contribution in [1.29, 1.82) is 0 Å². The van der Waals surface area contributed by atoms with Gasteiger partial charge in [-0.2, -0.15) is 0 Å². The van der Waals surface area contributed by atoms with Crippen molar-refractivity contribution in [3.05, 3.63) is 82.3 Å². The van der Waals surface area contributed by atoms with Gasteiger partial charge in [-0.1, -0.05) is 54.6 Å². The van der Waals surface area contributed by atoms with Crippen molar-refractivity contribution in [1.82, 2.24) is 9.80 Å². The molecule has 0 unspecified atom stereocenters. The van der Waals surface area contributed by atoms with Crippen molar-refractivity contribution in [3.8, 4) is 5.75 Å². The fourth-order valence-electron chi connectivity index (χ4n) is 4.42. The zero-order chi connectivity index (χ0) is 23.7. The highest BCUT2D eigenvalue weighted by Crippen LogP contribution is 2.35. The molecule has 0 spiro atoms. The monoisotopic (exact) mass is 472 g/mol. The first-order chi connectivity index (χ1) is 16.5. The van der Waals surface area contributed by atoms with E-state index in [0.717, 1.165) is 50.7 Å². The number of ether oxygens (including phenoxy) is 1. The summed E-state index contributed by atoms with van der Waals surface area (Å²) in [5.74, 6) is 0.125. The van der Waals surface area contributed by atoms with E-state index in [9.17, 15) is 14.4 Å². The Labute approximate surface area is 202 Å². The largest absolute Gasteiger partial charge is 0.493 e. The molecule has 2 heterocycles. The third kappa shape index (κ3) is 4.19. The van der Waals surface area contributed by atoms with Gasteiger partial charge in [-0.25, -0.2) is 0 Å². The van der Waals surface area contributed by atoms with E-state index in [0.29, 0.717) is 24.6 Å². The standard InChI is InChI=1S/C27H24N2O4S/c1-2-33-23-12-11-19(21-9-5-6-10-22(21)23)15-24-26(31)29(27(32)34-24)17-25(30)28-14-13-18-7-3-4-8-20(18)16-28/h3-12,15H,2,13-14,16-17H2,1H3. The molecular weight excluding hydrogens is 448 g/mol. The maximum atomic E-state index is 13.1. The summed E-state index contributed by atoms with van der Waals surface area (Å²) in [6.45, 7) is 3.33. The summed E-state index contributed by atoms with van der Waals surface area (Å²) >= 11 is 0.873. The highest BCUT2D eigenvalue weighted by Gasteiger charge is 2.37. The summed E-state index contributed by atoms with van der Waals surface area (Å²) in [6.07, 6.45) is 2.50. The summed E-state index contributed by atoms with van der Waals surface area (Å²) in [5, 5.41) is 1.46. The number of amides is 3. The zero-order valence-corrected chi connectivity index (χ0v) is 19.6. The van der Waals surface area contributed by atoms with Crippen LogP contribution in [0.4, 0.5) is 4.79 Å². The van der Waals surface area contributed by atoms with E-state index in [1.54, 1.807) is 11.0 Å². The molecule has 3 aromatic rings. The molecule has 0 N–H and O–H groups in total. The van der Waals surface area contributed by atoms with E-state index >= 15 is 0 Å². The molecule has 1 saturated heterocycles. The molecule has 1 fully saturated rings. The molecule has 7 heteroatoms. The van der Waals surface area contributed by atoms with Crippen molar-refractivity contribution in [2.45, 2.75) is 19.9 Å². The SMILES string of the molecule is CCOc1ccc(C=C2SC(=O)N(CC(=O)N3CCc4ccccc4C3)C2=O)c2ccccc12. The van der Waals surface area contributed by atoms with Crippen molar-refractivity contribution in [2.24, 2.45) is 0 Å². The van der Waals surface area contributed by atoms with Crippen LogP contribution in [-0.2, 0) is 22.6 Å². The van der Waals surface area contributed by atoms with Crippen LogP contribution in [0.15, 0.2) is 65.6 Å². The van der Waals surface area contributed by atoms with Gasteiger partial charge in [-0.3, -0.25) is 19.3 Å². The van der Waals surface area contributed by atoms with Gasteiger partial charge in [-0.05, 0) is 59.3 Å². The van der Waals surface area contributed by atoms with Crippen molar-refractivity contribution >= 4 is 45.7 Å². The minimum Gasteiger partial charge on any atom is -0.493 e. The minimum absolute atomic E-state index is 0.218. The predicted octanol–water partition coefficient (Wildman–Crippen LogP) is 4.86. The molecule has 3 amide bonds. The van der Waals surface area contributed by atoms with Crippen LogP contribution >= 0.6 is 11.8 Å². The number of nitrogens with zero attached hydrogens (tertiary/aromatic N) is 2. The van der Waals surface area contributed by atoms with Crippen LogP contribution < -0.4 is 4.74 Å². The number of carbonyl (C=O) groups is 3. The Kier molecular flexibility index (Phi) is 6.11. The van der Waals surface area contributed by atoms with Gasteiger partial charge in [0.05, 0.1) is 11.5 Å². The fraction of sp³-hybridized carbons (Fsp3) is 0.222. The highest BCUT2D eigenvalue weighted by molar-refractivity contribution is 8.18. The fourth-order valence-corrected chi connectivity index (χ4v) is 5.25. The number of imide groups is 1. The second kappa shape index (κ2) is 9.35. The zero-order valence-electron chi connectivity index (χ0n) is 18.8. The van der Waals surface area contributed by atoms with Gasteiger partial charge >= 0.3 is 0 Å². The maximum Gasteiger partial charge on any atom is 0.294 e. The van der Waals surface area contributed by atoms with E-state index in [4.69, 9.17) is 4.74 Å². The number of hydrogen-bond acceptors (Lipinski definition) is 5. The molecule has 0 bridgehead atoms. The summed E-state index contributed by atoms with van der Waals surface area (Å²) in [6, 6.07) is 19.6. The first-order valence-corrected chi connectivity index (χ1v) is 12.1. The number of benzene rings is 3. The summed E-state index contributed by atoms with van der Waals surface area (Å²) < 4.78 is 5.73. The third-order valence-electron chi connectivity index (χ3n) is 6.15. The molecule has 6 nitrogen and oxygen atoms in total. The molecule has 3 aromatic carbocycles. The van der Waals surface area contributed by atoms with Gasteiger partial charge in [0.1, 0.15) is 12.3 Å². The van der Waals surface area contributed by atoms with E-state index < -0.39 is 11.1 Å². The lowest BCUT2D eigenvalue weighted by molar-refractivity contribution is -0.136. The Balaban J connectivity index is 1.35. The van der Waals surface area contributed by atoms with Crippen molar-refractivity contribution in [3.63, 3.8) is 0 Å². The van der Waals surface area contributed by atoms with Crippen LogP contribution in [0.5, 0.6) is 5.75 Å². The smallest absolute Gasteiger partial charge is 0.294 e. The number of carbonyl (C=O) groups excluding carboxylic acids is 3. The highest BCUT2D eigenvalue weighted by atomic mass is 32.2. The van der Waals surface area contributed by atoms with E-state index in [-0.39, 0.29) is 12.5 Å². The second-order valence-corrected chi connectivity index (χ2v) is 9.23. The molecule has 2 aliphatic rings. The van der Waals surface area contributed by atoms with Crippen LogP contribution in [0.25, 0.3) is 16.8 Å². The maximum absolute atomic E-state index is 13.1. The van der Waals surface area contributed by atoms with Gasteiger partial charge in [-0.15, -0.1) is 0 Å². The van der Waals surface area contributed by atoms with Gasteiger partial charge in [0.2, 0.25) is 5.91 Å². The summed E-state index contributed by atoms with van der Waals surface area (Å²) in [4.78, 5) is 41.7. The van der Waals surface area contributed by atoms with Crippen LogP contribution in [0.2, 0.25) is 0 Å². The lowest BCUT2D eigenvalue weighted by atomic mass is 10.00. The van der Waals surface area contributed by atoms with Gasteiger partial charge < -0.3 is 9.64 Å². The van der Waals surface area contributed by atoms with E-state index in [1.807, 2.05) is 61.5 Å². The van der Waals surface area contributed by atoms with Gasteiger partial charge in [0.25, 0.3) is 11.1 Å². The molecule has 0 saturated carbocycles. The minimum atomic E-state index is -0.432. The molecule has 172 valence electrons. The average Bonchev–Trinajstić information content (AvgIpc) is 3.12. The molecule has 0 aliphatic carbocycles. The summed E-state index contributed by atoms with van der Waals surface area (Å²) in [5.41, 5.74) is 3.17. The second-order valence-electron chi connectivity index (χ2n) is 8.23. The van der Waals surface area contributed by atoms with Gasteiger partial charge in [0, 0.05) is 18.5 Å². The Morgan fingerprint density at radius 3 is 2.53 bits per heavy atom. The average molecular weight is 473 g/mol. The topological polar surface area (TPSA) is 66.9 Å². The molecule has 0 atom stereocenters. The van der Waals surface area contributed by atoms with Crippen LogP contribution in [0, 0.1) is 0 Å². The molecule has 0 radical (unpaired) electrons. The van der Waals surface area contributed by atoms with E-state index in [2.05, 4.69) is 6.07 Å². The lowest BCUT2D eigenvalue weighted by Crippen LogP contribution is -2.44. The van der Waals surface area contributed by atoms with Crippen LogP contribution in [0.3, 0.4) is 0 Å².